The third kappa shape index (κ3) is 4.63. The van der Waals surface area contributed by atoms with Crippen LogP contribution in [0.2, 0.25) is 5.02 Å². The van der Waals surface area contributed by atoms with E-state index in [1.807, 2.05) is 0 Å². The highest BCUT2D eigenvalue weighted by Crippen LogP contribution is 2.36. The largest absolute Gasteiger partial charge is 0.478 e. The Morgan fingerprint density at radius 1 is 1.16 bits per heavy atom. The molecule has 168 valence electrons. The van der Waals surface area contributed by atoms with E-state index in [-0.39, 0.29) is 34.2 Å². The molecule has 2 aliphatic heterocycles. The zero-order valence-electron chi connectivity index (χ0n) is 16.9. The highest BCUT2D eigenvalue weighted by molar-refractivity contribution is 6.31. The van der Waals surface area contributed by atoms with Gasteiger partial charge in [-0.25, -0.2) is 22.9 Å². The van der Waals surface area contributed by atoms with Crippen LogP contribution in [-0.2, 0) is 4.79 Å². The van der Waals surface area contributed by atoms with Crippen molar-refractivity contribution in [1.29, 1.82) is 0 Å². The first-order valence-electron chi connectivity index (χ1n) is 10.1. The Hall–Kier alpha value is -2.91. The maximum atomic E-state index is 14.5. The summed E-state index contributed by atoms with van der Waals surface area (Å²) in [5.41, 5.74) is 0.231. The normalized spacial score (nSPS) is 19.5. The Balaban J connectivity index is 1.83. The van der Waals surface area contributed by atoms with Gasteiger partial charge in [-0.05, 0) is 38.1 Å². The molecule has 1 fully saturated rings. The van der Waals surface area contributed by atoms with Gasteiger partial charge in [0.1, 0.15) is 23.4 Å². The van der Waals surface area contributed by atoms with E-state index in [0.29, 0.717) is 11.8 Å². The average molecular weight is 465 g/mol. The maximum absolute atomic E-state index is 14.5. The summed E-state index contributed by atoms with van der Waals surface area (Å²) in [6, 6.07) is 3.11. The minimum absolute atomic E-state index is 0.0105. The van der Waals surface area contributed by atoms with Crippen LogP contribution in [0.25, 0.3) is 0 Å². The number of hydrogen-bond donors (Lipinski definition) is 2. The van der Waals surface area contributed by atoms with Crippen LogP contribution in [0.4, 0.5) is 13.2 Å². The fourth-order valence-corrected chi connectivity index (χ4v) is 4.24. The number of hydrogen-bond acceptors (Lipinski definition) is 5. The van der Waals surface area contributed by atoms with Gasteiger partial charge in [0.05, 0.1) is 11.8 Å². The van der Waals surface area contributed by atoms with Gasteiger partial charge in [0.2, 0.25) is 0 Å². The number of aromatic nitrogens is 1. The number of carboxylic acid groups (broad SMARTS) is 1. The Morgan fingerprint density at radius 2 is 1.91 bits per heavy atom. The van der Waals surface area contributed by atoms with Crippen LogP contribution in [0.15, 0.2) is 46.7 Å². The number of aliphatic carboxylic acids is 1. The first-order chi connectivity index (χ1) is 15.3. The van der Waals surface area contributed by atoms with E-state index >= 15 is 0 Å². The molecule has 6 nitrogen and oxygen atoms in total. The molecule has 3 heterocycles. The molecule has 0 radical (unpaired) electrons. The maximum Gasteiger partial charge on any atom is 0.335 e. The van der Waals surface area contributed by atoms with E-state index < -0.39 is 29.5 Å². The SMILES string of the molecule is O=C(O)C1=C(CN2CCCCC2)NC(c2ncc(F)cc2F)=NC1c1ccc(F)cc1Cl. The molecule has 0 saturated carbocycles. The molecular formula is C22H20ClF3N4O2. The van der Waals surface area contributed by atoms with Crippen molar-refractivity contribution in [2.24, 2.45) is 4.99 Å². The van der Waals surface area contributed by atoms with Crippen molar-refractivity contribution >= 4 is 23.4 Å². The lowest BCUT2D eigenvalue weighted by Gasteiger charge is -2.32. The summed E-state index contributed by atoms with van der Waals surface area (Å²) in [6.07, 6.45) is 3.92. The first kappa shape index (κ1) is 22.3. The molecule has 10 heteroatoms. The molecule has 32 heavy (non-hydrogen) atoms. The number of nitrogens with zero attached hydrogens (tertiary/aromatic N) is 3. The Kier molecular flexibility index (Phi) is 6.48. The molecule has 2 N–H and O–H groups in total. The van der Waals surface area contributed by atoms with Crippen molar-refractivity contribution in [3.05, 3.63) is 75.5 Å². The molecule has 0 aliphatic carbocycles. The summed E-state index contributed by atoms with van der Waals surface area (Å²) >= 11 is 6.22. The Morgan fingerprint density at radius 3 is 2.56 bits per heavy atom. The minimum Gasteiger partial charge on any atom is -0.478 e. The summed E-state index contributed by atoms with van der Waals surface area (Å²) in [4.78, 5) is 22.5. The highest BCUT2D eigenvalue weighted by Gasteiger charge is 2.34. The van der Waals surface area contributed by atoms with Crippen LogP contribution < -0.4 is 5.32 Å². The van der Waals surface area contributed by atoms with Crippen LogP contribution in [0, 0.1) is 17.5 Å². The summed E-state index contributed by atoms with van der Waals surface area (Å²) in [5, 5.41) is 12.9. The van der Waals surface area contributed by atoms with Crippen molar-refractivity contribution in [1.82, 2.24) is 15.2 Å². The van der Waals surface area contributed by atoms with E-state index in [2.05, 4.69) is 20.2 Å². The van der Waals surface area contributed by atoms with Crippen LogP contribution in [0.3, 0.4) is 0 Å². The first-order valence-corrected chi connectivity index (χ1v) is 10.5. The van der Waals surface area contributed by atoms with E-state index in [1.165, 1.54) is 6.07 Å². The Labute approximate surface area is 187 Å². The zero-order chi connectivity index (χ0) is 22.8. The second kappa shape index (κ2) is 9.30. The van der Waals surface area contributed by atoms with Gasteiger partial charge < -0.3 is 10.4 Å². The quantitative estimate of drug-likeness (QED) is 0.697. The number of aliphatic imine (C=N–C) groups is 1. The highest BCUT2D eigenvalue weighted by atomic mass is 35.5. The van der Waals surface area contributed by atoms with E-state index in [4.69, 9.17) is 11.6 Å². The second-order valence-corrected chi connectivity index (χ2v) is 8.10. The predicted octanol–water partition coefficient (Wildman–Crippen LogP) is 4.07. The molecule has 1 saturated heterocycles. The van der Waals surface area contributed by atoms with Gasteiger partial charge in [-0.15, -0.1) is 0 Å². The summed E-state index contributed by atoms with van der Waals surface area (Å²) in [7, 11) is 0. The lowest BCUT2D eigenvalue weighted by atomic mass is 9.94. The second-order valence-electron chi connectivity index (χ2n) is 7.69. The number of nitrogens with one attached hydrogen (secondary N) is 1. The number of piperidine rings is 1. The standard InChI is InChI=1S/C22H20ClF3N4O2/c23-15-8-12(24)4-5-14(15)19-18(22(31)32)17(11-30-6-2-1-3-7-30)28-21(29-19)20-16(26)9-13(25)10-27-20/h4-5,8-10,19H,1-3,6-7,11H2,(H,28,29)(H,31,32). The molecule has 0 amide bonds. The van der Waals surface area contributed by atoms with Gasteiger partial charge in [-0.3, -0.25) is 9.89 Å². The van der Waals surface area contributed by atoms with Crippen LogP contribution >= 0.6 is 11.6 Å². The number of benzene rings is 1. The summed E-state index contributed by atoms with van der Waals surface area (Å²) in [6.45, 7) is 1.84. The molecule has 1 aromatic carbocycles. The van der Waals surface area contributed by atoms with Crippen LogP contribution in [-0.4, -0.2) is 46.4 Å². The Bertz CT molecular complexity index is 1120. The van der Waals surface area contributed by atoms with Gasteiger partial charge in [0, 0.05) is 28.9 Å². The number of likely N-dealkylation sites (tertiary alicyclic amines) is 1. The molecule has 0 spiro atoms. The van der Waals surface area contributed by atoms with E-state index in [1.54, 1.807) is 0 Å². The number of carbonyl (C=O) groups is 1. The average Bonchev–Trinajstić information content (AvgIpc) is 2.74. The molecular weight excluding hydrogens is 445 g/mol. The number of pyridine rings is 1. The van der Waals surface area contributed by atoms with Crippen molar-refractivity contribution in [3.8, 4) is 0 Å². The predicted molar refractivity (Wildman–Crippen MR) is 113 cm³/mol. The van der Waals surface area contributed by atoms with E-state index in [0.717, 1.165) is 50.7 Å². The molecule has 2 aromatic rings. The smallest absolute Gasteiger partial charge is 0.335 e. The topological polar surface area (TPSA) is 77.8 Å². The van der Waals surface area contributed by atoms with Gasteiger partial charge in [0.15, 0.2) is 11.7 Å². The number of rotatable bonds is 5. The molecule has 2 aliphatic rings. The van der Waals surface area contributed by atoms with Gasteiger partial charge in [-0.2, -0.15) is 0 Å². The minimum atomic E-state index is -1.23. The van der Waals surface area contributed by atoms with Crippen molar-refractivity contribution in [2.75, 3.05) is 19.6 Å². The van der Waals surface area contributed by atoms with Gasteiger partial charge >= 0.3 is 5.97 Å². The third-order valence-electron chi connectivity index (χ3n) is 5.48. The van der Waals surface area contributed by atoms with Crippen molar-refractivity contribution in [3.63, 3.8) is 0 Å². The fraction of sp³-hybridized carbons (Fsp3) is 0.318. The van der Waals surface area contributed by atoms with Crippen LogP contribution in [0.5, 0.6) is 0 Å². The number of carboxylic acids is 1. The molecule has 1 unspecified atom stereocenters. The van der Waals surface area contributed by atoms with Crippen molar-refractivity contribution < 1.29 is 23.1 Å². The summed E-state index contributed by atoms with van der Waals surface area (Å²) in [5.74, 6) is -3.67. The van der Waals surface area contributed by atoms with Gasteiger partial charge in [0.25, 0.3) is 0 Å². The summed E-state index contributed by atoms with van der Waals surface area (Å²) < 4.78 is 41.5. The monoisotopic (exact) mass is 464 g/mol. The number of halogens is 4. The number of amidine groups is 1. The fourth-order valence-electron chi connectivity index (χ4n) is 3.97. The lowest BCUT2D eigenvalue weighted by Crippen LogP contribution is -2.41. The molecule has 1 atom stereocenters. The molecule has 4 rings (SSSR count). The van der Waals surface area contributed by atoms with E-state index in [9.17, 15) is 23.1 Å². The molecule has 0 bridgehead atoms. The zero-order valence-corrected chi connectivity index (χ0v) is 17.7. The molecule has 1 aromatic heterocycles. The van der Waals surface area contributed by atoms with Crippen molar-refractivity contribution in [2.45, 2.75) is 25.3 Å². The van der Waals surface area contributed by atoms with Gasteiger partial charge in [-0.1, -0.05) is 24.1 Å². The lowest BCUT2D eigenvalue weighted by molar-refractivity contribution is -0.133. The van der Waals surface area contributed by atoms with Crippen LogP contribution in [0.1, 0.15) is 36.6 Å². The third-order valence-corrected chi connectivity index (χ3v) is 5.80.